The molecule has 1 aromatic heterocycles. The van der Waals surface area contributed by atoms with Gasteiger partial charge in [-0.1, -0.05) is 87.1 Å². The monoisotopic (exact) mass is 388 g/mol. The summed E-state index contributed by atoms with van der Waals surface area (Å²) >= 11 is 1.47. The molecule has 0 spiro atoms. The molecule has 3 rings (SSSR count). The zero-order chi connectivity index (χ0) is 20.1. The Bertz CT molecular complexity index is 984. The number of nitriles is 1. The van der Waals surface area contributed by atoms with E-state index in [0.29, 0.717) is 28.8 Å². The van der Waals surface area contributed by atoms with Crippen LogP contribution < -0.4 is 5.32 Å². The molecule has 0 aliphatic rings. The van der Waals surface area contributed by atoms with Gasteiger partial charge in [-0.05, 0) is 22.8 Å². The summed E-state index contributed by atoms with van der Waals surface area (Å²) in [6, 6.07) is 20.7. The van der Waals surface area contributed by atoms with Gasteiger partial charge < -0.3 is 5.32 Å². The number of thioether (sulfide) groups is 1. The zero-order valence-electron chi connectivity index (χ0n) is 16.7. The first kappa shape index (κ1) is 19.9. The SMILES string of the molecule is CSc1nc(NCc2ccccc2)c(C#N)c(-c2ccc(C(C)(C)C)cc2)n1. The Hall–Kier alpha value is -2.84. The second kappa shape index (κ2) is 8.45. The van der Waals surface area contributed by atoms with Crippen molar-refractivity contribution < 1.29 is 0 Å². The average Bonchev–Trinajstić information content (AvgIpc) is 2.71. The Labute approximate surface area is 171 Å². The summed E-state index contributed by atoms with van der Waals surface area (Å²) in [6.07, 6.45) is 1.94. The molecule has 0 unspecified atom stereocenters. The van der Waals surface area contributed by atoms with Crippen molar-refractivity contribution in [1.29, 1.82) is 5.26 Å². The number of aromatic nitrogens is 2. The highest BCUT2D eigenvalue weighted by molar-refractivity contribution is 7.98. The minimum absolute atomic E-state index is 0.0785. The third-order valence-corrected chi connectivity index (χ3v) is 5.06. The number of hydrogen-bond donors (Lipinski definition) is 1. The summed E-state index contributed by atoms with van der Waals surface area (Å²) in [4.78, 5) is 9.17. The summed E-state index contributed by atoms with van der Waals surface area (Å²) in [5.41, 5.74) is 4.51. The van der Waals surface area contributed by atoms with Gasteiger partial charge in [-0.3, -0.25) is 0 Å². The van der Waals surface area contributed by atoms with E-state index in [1.165, 1.54) is 17.3 Å². The summed E-state index contributed by atoms with van der Waals surface area (Å²) in [5, 5.41) is 13.8. The second-order valence-corrected chi connectivity index (χ2v) is 8.33. The molecule has 142 valence electrons. The van der Waals surface area contributed by atoms with Gasteiger partial charge in [0.05, 0.1) is 5.69 Å². The van der Waals surface area contributed by atoms with E-state index in [0.717, 1.165) is 11.1 Å². The summed E-state index contributed by atoms with van der Waals surface area (Å²) in [5.74, 6) is 0.570. The first-order valence-corrected chi connectivity index (χ1v) is 10.4. The number of nitrogens with zero attached hydrogens (tertiary/aromatic N) is 3. The van der Waals surface area contributed by atoms with Crippen LogP contribution in [-0.4, -0.2) is 16.2 Å². The first-order chi connectivity index (χ1) is 13.4. The Morgan fingerprint density at radius 3 is 2.25 bits per heavy atom. The van der Waals surface area contributed by atoms with Crippen molar-refractivity contribution in [3.63, 3.8) is 0 Å². The minimum atomic E-state index is 0.0785. The molecule has 0 fully saturated rings. The lowest BCUT2D eigenvalue weighted by Gasteiger charge is -2.19. The van der Waals surface area contributed by atoms with Gasteiger partial charge in [0.25, 0.3) is 0 Å². The maximum atomic E-state index is 9.83. The van der Waals surface area contributed by atoms with E-state index in [2.05, 4.69) is 54.3 Å². The molecule has 0 radical (unpaired) electrons. The zero-order valence-corrected chi connectivity index (χ0v) is 17.5. The van der Waals surface area contributed by atoms with Crippen LogP contribution in [0.3, 0.4) is 0 Å². The van der Waals surface area contributed by atoms with Gasteiger partial charge in [-0.15, -0.1) is 0 Å². The fourth-order valence-electron chi connectivity index (χ4n) is 2.88. The van der Waals surface area contributed by atoms with E-state index in [4.69, 9.17) is 0 Å². The van der Waals surface area contributed by atoms with Crippen LogP contribution in [0.25, 0.3) is 11.3 Å². The summed E-state index contributed by atoms with van der Waals surface area (Å²) in [7, 11) is 0. The van der Waals surface area contributed by atoms with Gasteiger partial charge in [0.15, 0.2) is 5.16 Å². The van der Waals surface area contributed by atoms with E-state index in [9.17, 15) is 5.26 Å². The Kier molecular flexibility index (Phi) is 6.01. The number of anilines is 1. The molecule has 4 nitrogen and oxygen atoms in total. The van der Waals surface area contributed by atoms with Crippen LogP contribution in [0.15, 0.2) is 59.8 Å². The third kappa shape index (κ3) is 4.52. The van der Waals surface area contributed by atoms with Gasteiger partial charge in [-0.2, -0.15) is 5.26 Å². The molecule has 5 heteroatoms. The van der Waals surface area contributed by atoms with E-state index < -0.39 is 0 Å². The van der Waals surface area contributed by atoms with Gasteiger partial charge in [0.1, 0.15) is 17.5 Å². The number of benzene rings is 2. The maximum absolute atomic E-state index is 9.83. The number of rotatable bonds is 5. The maximum Gasteiger partial charge on any atom is 0.189 e. The van der Waals surface area contributed by atoms with Gasteiger partial charge >= 0.3 is 0 Å². The number of nitrogens with one attached hydrogen (secondary N) is 1. The highest BCUT2D eigenvalue weighted by Crippen LogP contribution is 2.30. The van der Waals surface area contributed by atoms with Crippen molar-refractivity contribution in [1.82, 2.24) is 9.97 Å². The molecule has 0 atom stereocenters. The second-order valence-electron chi connectivity index (χ2n) is 7.56. The van der Waals surface area contributed by atoms with Crippen LogP contribution in [0.1, 0.15) is 37.5 Å². The molecule has 0 amide bonds. The normalized spacial score (nSPS) is 11.1. The first-order valence-electron chi connectivity index (χ1n) is 9.17. The van der Waals surface area contributed by atoms with Crippen LogP contribution in [-0.2, 0) is 12.0 Å². The van der Waals surface area contributed by atoms with E-state index in [1.807, 2.05) is 48.7 Å². The topological polar surface area (TPSA) is 61.6 Å². The van der Waals surface area contributed by atoms with Crippen LogP contribution in [0.5, 0.6) is 0 Å². The lowest BCUT2D eigenvalue weighted by atomic mass is 9.86. The Morgan fingerprint density at radius 2 is 1.68 bits per heavy atom. The smallest absolute Gasteiger partial charge is 0.189 e. The van der Waals surface area contributed by atoms with Crippen molar-refractivity contribution in [2.75, 3.05) is 11.6 Å². The average molecular weight is 389 g/mol. The molecule has 3 aromatic rings. The van der Waals surface area contributed by atoms with E-state index >= 15 is 0 Å². The lowest BCUT2D eigenvalue weighted by Crippen LogP contribution is -2.10. The fraction of sp³-hybridized carbons (Fsp3) is 0.261. The molecule has 0 saturated heterocycles. The lowest BCUT2D eigenvalue weighted by molar-refractivity contribution is 0.590. The summed E-state index contributed by atoms with van der Waals surface area (Å²) < 4.78 is 0. The minimum Gasteiger partial charge on any atom is -0.365 e. The Balaban J connectivity index is 2.00. The third-order valence-electron chi connectivity index (χ3n) is 4.51. The standard InChI is InChI=1S/C23H24N4S/c1-23(2,3)18-12-10-17(11-13-18)20-19(14-24)21(27-22(26-20)28-4)25-15-16-8-6-5-7-9-16/h5-13H,15H2,1-4H3,(H,25,26,27). The largest absolute Gasteiger partial charge is 0.365 e. The highest BCUT2D eigenvalue weighted by atomic mass is 32.2. The van der Waals surface area contributed by atoms with E-state index in [1.54, 1.807) is 0 Å². The van der Waals surface area contributed by atoms with Gasteiger partial charge in [0.2, 0.25) is 0 Å². The van der Waals surface area contributed by atoms with Crippen molar-refractivity contribution in [3.8, 4) is 17.3 Å². The quantitative estimate of drug-likeness (QED) is 0.452. The van der Waals surface area contributed by atoms with Crippen LogP contribution in [0.4, 0.5) is 5.82 Å². The molecule has 0 saturated carbocycles. The molecular formula is C23H24N4S. The highest BCUT2D eigenvalue weighted by Gasteiger charge is 2.18. The molecule has 1 heterocycles. The molecule has 2 aromatic carbocycles. The molecule has 1 N–H and O–H groups in total. The van der Waals surface area contributed by atoms with Gasteiger partial charge in [0, 0.05) is 12.1 Å². The Morgan fingerprint density at radius 1 is 1.00 bits per heavy atom. The molecule has 0 bridgehead atoms. The van der Waals surface area contributed by atoms with Crippen molar-refractivity contribution in [2.45, 2.75) is 37.9 Å². The van der Waals surface area contributed by atoms with Crippen molar-refractivity contribution in [2.24, 2.45) is 0 Å². The summed E-state index contributed by atoms with van der Waals surface area (Å²) in [6.45, 7) is 7.16. The predicted molar refractivity (Wildman–Crippen MR) is 116 cm³/mol. The van der Waals surface area contributed by atoms with Crippen molar-refractivity contribution >= 4 is 17.6 Å². The molecule has 0 aliphatic carbocycles. The van der Waals surface area contributed by atoms with Gasteiger partial charge in [-0.25, -0.2) is 9.97 Å². The van der Waals surface area contributed by atoms with Crippen LogP contribution >= 0.6 is 11.8 Å². The van der Waals surface area contributed by atoms with E-state index in [-0.39, 0.29) is 5.41 Å². The predicted octanol–water partition coefficient (Wildman–Crippen LogP) is 5.65. The van der Waals surface area contributed by atoms with Crippen molar-refractivity contribution in [3.05, 3.63) is 71.3 Å². The van der Waals surface area contributed by atoms with Crippen LogP contribution in [0.2, 0.25) is 0 Å². The fourth-order valence-corrected chi connectivity index (χ4v) is 3.25. The van der Waals surface area contributed by atoms with Crippen LogP contribution in [0, 0.1) is 11.3 Å². The molecule has 0 aliphatic heterocycles. The molecule has 28 heavy (non-hydrogen) atoms. The molecular weight excluding hydrogens is 364 g/mol. The number of hydrogen-bond acceptors (Lipinski definition) is 5.